The van der Waals surface area contributed by atoms with E-state index in [2.05, 4.69) is 16.9 Å². The van der Waals surface area contributed by atoms with Gasteiger partial charge >= 0.3 is 6.03 Å². The monoisotopic (exact) mass is 533 g/mol. The molecular weight excluding hydrogens is 501 g/mol. The molecule has 2 aliphatic heterocycles. The quantitative estimate of drug-likeness (QED) is 0.570. The standard InChI is InChI=1S/C25H30ClN5O3.CH3Cl/c1-3-7-21-24(33)29(15-19-10-12-20(26)13-11-19)16-22-30(21)23(32)17-28(2)31(22)25(34)27-14-18-8-5-4-6-9-18;1-2/h4-6,8-13,21-22H,3,7,14-17H2,1-2H3,(H,27,34);1H3/t21-,22?;/m0./s1. The predicted molar refractivity (Wildman–Crippen MR) is 141 cm³/mol. The Kier molecular flexibility index (Phi) is 9.98. The molecule has 2 heterocycles. The number of alkyl halides is 1. The number of rotatable bonds is 6. The molecular formula is C26H33Cl2N5O3. The van der Waals surface area contributed by atoms with Crippen LogP contribution in [0.15, 0.2) is 54.6 Å². The van der Waals surface area contributed by atoms with Crippen molar-refractivity contribution in [2.75, 3.05) is 26.5 Å². The minimum Gasteiger partial charge on any atom is -0.333 e. The van der Waals surface area contributed by atoms with Gasteiger partial charge in [0.2, 0.25) is 11.8 Å². The lowest BCUT2D eigenvalue weighted by molar-refractivity contribution is -0.188. The predicted octanol–water partition coefficient (Wildman–Crippen LogP) is 3.93. The third-order valence-electron chi connectivity index (χ3n) is 6.28. The Morgan fingerprint density at radius 2 is 1.69 bits per heavy atom. The van der Waals surface area contributed by atoms with E-state index in [4.69, 9.17) is 11.6 Å². The molecule has 4 amide bonds. The average molecular weight is 534 g/mol. The van der Waals surface area contributed by atoms with Gasteiger partial charge in [0.15, 0.2) is 0 Å². The molecule has 4 rings (SSSR count). The van der Waals surface area contributed by atoms with E-state index >= 15 is 0 Å². The summed E-state index contributed by atoms with van der Waals surface area (Å²) < 4.78 is 0. The maximum absolute atomic E-state index is 13.4. The normalized spacial score (nSPS) is 20.0. The topological polar surface area (TPSA) is 76.2 Å². The minimum atomic E-state index is -0.596. The summed E-state index contributed by atoms with van der Waals surface area (Å²) in [5.74, 6) is -0.229. The lowest BCUT2D eigenvalue weighted by Crippen LogP contribution is -2.75. The Morgan fingerprint density at radius 3 is 2.33 bits per heavy atom. The number of nitrogens with zero attached hydrogens (tertiary/aromatic N) is 4. The molecule has 0 bridgehead atoms. The van der Waals surface area contributed by atoms with Crippen molar-refractivity contribution >= 4 is 41.0 Å². The molecule has 2 fully saturated rings. The second kappa shape index (κ2) is 12.9. The summed E-state index contributed by atoms with van der Waals surface area (Å²) in [6, 6.07) is 16.1. The maximum atomic E-state index is 13.4. The van der Waals surface area contributed by atoms with Crippen LogP contribution in [-0.2, 0) is 22.7 Å². The van der Waals surface area contributed by atoms with Gasteiger partial charge < -0.3 is 15.1 Å². The van der Waals surface area contributed by atoms with E-state index in [-0.39, 0.29) is 30.9 Å². The molecule has 0 aliphatic carbocycles. The number of likely N-dealkylation sites (N-methyl/N-ethyl adjacent to an activating group) is 1. The molecule has 0 saturated carbocycles. The second-order valence-corrected chi connectivity index (χ2v) is 9.17. The van der Waals surface area contributed by atoms with Crippen LogP contribution >= 0.6 is 23.2 Å². The highest BCUT2D eigenvalue weighted by molar-refractivity contribution is 6.30. The van der Waals surface area contributed by atoms with Crippen LogP contribution in [-0.4, -0.2) is 76.4 Å². The zero-order valence-corrected chi connectivity index (χ0v) is 22.4. The van der Waals surface area contributed by atoms with Crippen LogP contribution in [0, 0.1) is 0 Å². The highest BCUT2D eigenvalue weighted by Crippen LogP contribution is 2.29. The molecule has 36 heavy (non-hydrogen) atoms. The lowest BCUT2D eigenvalue weighted by Gasteiger charge is -2.54. The molecule has 2 aromatic carbocycles. The van der Waals surface area contributed by atoms with Crippen LogP contribution in [0.4, 0.5) is 4.79 Å². The molecule has 194 valence electrons. The van der Waals surface area contributed by atoms with Gasteiger partial charge in [-0.3, -0.25) is 9.59 Å². The number of fused-ring (bicyclic) bond motifs is 1. The number of urea groups is 1. The Bertz CT molecular complexity index is 1040. The second-order valence-electron chi connectivity index (χ2n) is 8.74. The summed E-state index contributed by atoms with van der Waals surface area (Å²) in [6.45, 7) is 3.02. The Balaban J connectivity index is 0.00000176. The molecule has 1 unspecified atom stereocenters. The first-order valence-electron chi connectivity index (χ1n) is 11.9. The number of carbonyl (C=O) groups is 3. The first-order chi connectivity index (χ1) is 17.4. The Morgan fingerprint density at radius 1 is 1.03 bits per heavy atom. The molecule has 0 radical (unpaired) electrons. The van der Waals surface area contributed by atoms with Gasteiger partial charge in [-0.15, -0.1) is 11.6 Å². The zero-order chi connectivity index (χ0) is 26.2. The number of benzene rings is 2. The van der Waals surface area contributed by atoms with E-state index < -0.39 is 12.2 Å². The number of halogens is 2. The van der Waals surface area contributed by atoms with Gasteiger partial charge in [-0.25, -0.2) is 14.8 Å². The number of carbonyl (C=O) groups excluding carboxylic acids is 3. The van der Waals surface area contributed by atoms with Crippen molar-refractivity contribution in [1.82, 2.24) is 25.1 Å². The summed E-state index contributed by atoms with van der Waals surface area (Å²) in [6.07, 6.45) is 2.18. The van der Waals surface area contributed by atoms with Crippen molar-refractivity contribution < 1.29 is 14.4 Å². The van der Waals surface area contributed by atoms with Crippen molar-refractivity contribution in [3.63, 3.8) is 0 Å². The van der Waals surface area contributed by atoms with Gasteiger partial charge in [0.05, 0.1) is 13.1 Å². The van der Waals surface area contributed by atoms with Crippen molar-refractivity contribution in [3.05, 3.63) is 70.7 Å². The van der Waals surface area contributed by atoms with Crippen molar-refractivity contribution in [3.8, 4) is 0 Å². The number of hydrogen-bond acceptors (Lipinski definition) is 4. The van der Waals surface area contributed by atoms with Gasteiger partial charge in [0, 0.05) is 31.5 Å². The lowest BCUT2D eigenvalue weighted by atomic mass is 10.0. The van der Waals surface area contributed by atoms with Crippen LogP contribution in [0.25, 0.3) is 0 Å². The van der Waals surface area contributed by atoms with E-state index in [0.717, 1.165) is 17.5 Å². The SMILES string of the molecule is CCC[C@H]1C(=O)N(Cc2ccc(Cl)cc2)CC2N1C(=O)CN(C)N2C(=O)NCc1ccccc1.CCl. The minimum absolute atomic E-state index is 0.0416. The summed E-state index contributed by atoms with van der Waals surface area (Å²) in [7, 11) is 1.73. The van der Waals surface area contributed by atoms with Gasteiger partial charge in [0.25, 0.3) is 0 Å². The van der Waals surface area contributed by atoms with Crippen LogP contribution in [0.1, 0.15) is 30.9 Å². The van der Waals surface area contributed by atoms with Crippen LogP contribution in [0.2, 0.25) is 5.02 Å². The molecule has 2 saturated heterocycles. The van der Waals surface area contributed by atoms with Crippen LogP contribution in [0.5, 0.6) is 0 Å². The van der Waals surface area contributed by atoms with E-state index in [0.29, 0.717) is 24.5 Å². The largest absolute Gasteiger partial charge is 0.334 e. The number of hydrogen-bond donors (Lipinski definition) is 1. The Hall–Kier alpha value is -2.81. The van der Waals surface area contributed by atoms with E-state index in [1.807, 2.05) is 49.4 Å². The maximum Gasteiger partial charge on any atom is 0.334 e. The third kappa shape index (κ3) is 6.30. The van der Waals surface area contributed by atoms with E-state index in [1.54, 1.807) is 39.0 Å². The van der Waals surface area contributed by atoms with Gasteiger partial charge in [-0.1, -0.05) is 67.4 Å². The van der Waals surface area contributed by atoms with E-state index in [1.165, 1.54) is 6.38 Å². The van der Waals surface area contributed by atoms with Crippen molar-refractivity contribution in [1.29, 1.82) is 0 Å². The van der Waals surface area contributed by atoms with Gasteiger partial charge in [0.1, 0.15) is 12.2 Å². The fraction of sp³-hybridized carbons (Fsp3) is 0.423. The van der Waals surface area contributed by atoms with Gasteiger partial charge in [-0.05, 0) is 29.7 Å². The molecule has 8 nitrogen and oxygen atoms in total. The average Bonchev–Trinajstić information content (AvgIpc) is 2.88. The summed E-state index contributed by atoms with van der Waals surface area (Å²) in [5, 5.41) is 6.81. The molecule has 2 aliphatic rings. The van der Waals surface area contributed by atoms with Crippen LogP contribution < -0.4 is 5.32 Å². The summed E-state index contributed by atoms with van der Waals surface area (Å²) in [4.78, 5) is 43.2. The smallest absolute Gasteiger partial charge is 0.333 e. The highest BCUT2D eigenvalue weighted by atomic mass is 35.5. The molecule has 10 heteroatoms. The molecule has 0 aromatic heterocycles. The third-order valence-corrected chi connectivity index (χ3v) is 6.53. The molecule has 1 N–H and O–H groups in total. The first-order valence-corrected chi connectivity index (χ1v) is 13.1. The summed E-state index contributed by atoms with van der Waals surface area (Å²) >= 11 is 10.7. The van der Waals surface area contributed by atoms with Crippen LogP contribution in [0.3, 0.4) is 0 Å². The molecule has 0 spiro atoms. The number of hydrazine groups is 1. The van der Waals surface area contributed by atoms with Crippen molar-refractivity contribution in [2.24, 2.45) is 0 Å². The zero-order valence-electron chi connectivity index (χ0n) is 20.9. The molecule has 2 aromatic rings. The number of nitrogens with one attached hydrogen (secondary N) is 1. The number of piperazine rings is 1. The highest BCUT2D eigenvalue weighted by Gasteiger charge is 2.50. The van der Waals surface area contributed by atoms with Crippen molar-refractivity contribution in [2.45, 2.75) is 45.1 Å². The van der Waals surface area contributed by atoms with Gasteiger partial charge in [-0.2, -0.15) is 0 Å². The fourth-order valence-corrected chi connectivity index (χ4v) is 4.79. The summed E-state index contributed by atoms with van der Waals surface area (Å²) in [5.41, 5.74) is 1.92. The number of amides is 4. The van der Waals surface area contributed by atoms with E-state index in [9.17, 15) is 14.4 Å². The first kappa shape index (κ1) is 27.8. The Labute approximate surface area is 222 Å². The molecule has 2 atom stereocenters. The fourth-order valence-electron chi connectivity index (χ4n) is 4.66.